The van der Waals surface area contributed by atoms with Gasteiger partial charge in [-0.15, -0.1) is 0 Å². The Morgan fingerprint density at radius 2 is 1.86 bits per heavy atom. The van der Waals surface area contributed by atoms with Crippen LogP contribution in [0, 0.1) is 0 Å². The summed E-state index contributed by atoms with van der Waals surface area (Å²) in [7, 11) is 1.95. The number of rotatable bonds is 2. The summed E-state index contributed by atoms with van der Waals surface area (Å²) >= 11 is 0. The van der Waals surface area contributed by atoms with Crippen LogP contribution in [-0.4, -0.2) is 55.9 Å². The van der Waals surface area contributed by atoms with Gasteiger partial charge in [0.1, 0.15) is 0 Å². The second-order valence-corrected chi connectivity index (χ2v) is 3.80. The molecule has 1 fully saturated rings. The molecule has 14 heavy (non-hydrogen) atoms. The molecule has 78 valence electrons. The molecule has 1 unspecified atom stereocenters. The summed E-state index contributed by atoms with van der Waals surface area (Å²) in [4.78, 5) is 3.57. The van der Waals surface area contributed by atoms with Crippen LogP contribution in [0.3, 0.4) is 0 Å². The zero-order valence-corrected chi connectivity index (χ0v) is 12.1. The Bertz CT molecular complexity index is 179. The summed E-state index contributed by atoms with van der Waals surface area (Å²) in [5.74, 6) is 0. The zero-order chi connectivity index (χ0) is 10.1. The van der Waals surface area contributed by atoms with Crippen molar-refractivity contribution in [2.24, 2.45) is 0 Å². The van der Waals surface area contributed by atoms with Crippen molar-refractivity contribution in [3.05, 3.63) is 0 Å². The second-order valence-electron chi connectivity index (χ2n) is 3.80. The third kappa shape index (κ3) is 5.48. The number of hydrogen-bond acceptors (Lipinski definition) is 2. The van der Waals surface area contributed by atoms with E-state index in [1.54, 1.807) is 0 Å². The van der Waals surface area contributed by atoms with E-state index in [1.165, 1.54) is 4.90 Å². The Morgan fingerprint density at radius 1 is 1.29 bits per heavy atom. The van der Waals surface area contributed by atoms with Crippen LogP contribution >= 0.6 is 0 Å². The summed E-state index contributed by atoms with van der Waals surface area (Å²) in [6.07, 6.45) is -0.710. The van der Waals surface area contributed by atoms with Gasteiger partial charge in [0, 0.05) is 25.7 Å². The van der Waals surface area contributed by atoms with Gasteiger partial charge in [-0.3, -0.25) is 0 Å². The van der Waals surface area contributed by atoms with Crippen LogP contribution in [0.25, 0.3) is 0 Å². The minimum atomic E-state index is -4.66. The Balaban J connectivity index is 0.00000169. The Hall–Kier alpha value is 1.41. The van der Waals surface area contributed by atoms with Crippen molar-refractivity contribution in [1.29, 1.82) is 0 Å². The summed E-state index contributed by atoms with van der Waals surface area (Å²) < 4.78 is 36.2. The topological polar surface area (TPSA) is 6.48 Å². The third-order valence-corrected chi connectivity index (χ3v) is 2.51. The number of halogens is 3. The van der Waals surface area contributed by atoms with Crippen LogP contribution in [0.5, 0.6) is 0 Å². The van der Waals surface area contributed by atoms with Gasteiger partial charge >= 0.3 is 58.4 Å². The zero-order valence-electron chi connectivity index (χ0n) is 9.01. The van der Waals surface area contributed by atoms with Gasteiger partial charge in [0.25, 0.3) is 0 Å². The molecule has 1 saturated heterocycles. The molecule has 1 rings (SSSR count). The molecule has 0 bridgehead atoms. The molecule has 7 heteroatoms. The summed E-state index contributed by atoms with van der Waals surface area (Å²) in [5, 5.41) is 0. The monoisotopic (exact) mass is 234 g/mol. The van der Waals surface area contributed by atoms with Crippen molar-refractivity contribution in [3.8, 4) is 0 Å². The first-order valence-electron chi connectivity index (χ1n) is 4.52. The molecule has 1 atom stereocenters. The van der Waals surface area contributed by atoms with Gasteiger partial charge in [-0.05, 0) is 20.4 Å². The average Bonchev–Trinajstić information content (AvgIpc) is 1.94. The van der Waals surface area contributed by atoms with Gasteiger partial charge in [-0.25, -0.2) is 0 Å². The molecule has 0 spiro atoms. The summed E-state index contributed by atoms with van der Waals surface area (Å²) in [5.41, 5.74) is 0. The minimum absolute atomic E-state index is 0. The molecular weight excluding hydrogens is 219 g/mol. The van der Waals surface area contributed by atoms with E-state index < -0.39 is 13.4 Å². The van der Waals surface area contributed by atoms with E-state index in [1.807, 2.05) is 14.0 Å². The van der Waals surface area contributed by atoms with Gasteiger partial charge in [0.15, 0.2) is 0 Å². The van der Waals surface area contributed by atoms with Crippen molar-refractivity contribution in [2.75, 3.05) is 33.1 Å². The molecular formula is C7H15BF3KN2. The van der Waals surface area contributed by atoms with Crippen LogP contribution in [-0.2, 0) is 0 Å². The van der Waals surface area contributed by atoms with Gasteiger partial charge in [0.2, 0.25) is 0 Å². The number of piperazine rings is 1. The fourth-order valence-corrected chi connectivity index (χ4v) is 1.58. The van der Waals surface area contributed by atoms with Crippen molar-refractivity contribution in [2.45, 2.75) is 13.0 Å². The first-order valence-corrected chi connectivity index (χ1v) is 4.52. The van der Waals surface area contributed by atoms with E-state index in [4.69, 9.17) is 0 Å². The maximum atomic E-state index is 12.1. The van der Waals surface area contributed by atoms with Crippen LogP contribution in [0.1, 0.15) is 6.92 Å². The number of hydrogen-bond donors (Lipinski definition) is 0. The predicted octanol–water partition coefficient (Wildman–Crippen LogP) is -1.99. The van der Waals surface area contributed by atoms with Crippen LogP contribution in [0.4, 0.5) is 12.9 Å². The summed E-state index contributed by atoms with van der Waals surface area (Å²) in [6, 6.07) is 0.229. The summed E-state index contributed by atoms with van der Waals surface area (Å²) in [6.45, 7) is -0.919. The Kier molecular flexibility index (Phi) is 6.85. The number of likely N-dealkylation sites (N-methyl/N-ethyl adjacent to an activating group) is 1. The molecule has 0 amide bonds. The Labute approximate surface area is 126 Å². The second kappa shape index (κ2) is 6.22. The first kappa shape index (κ1) is 15.4. The molecule has 0 aliphatic carbocycles. The Morgan fingerprint density at radius 3 is 2.29 bits per heavy atom. The van der Waals surface area contributed by atoms with Gasteiger partial charge in [0.05, 0.1) is 0 Å². The van der Waals surface area contributed by atoms with Crippen molar-refractivity contribution in [3.63, 3.8) is 0 Å². The first-order chi connectivity index (χ1) is 5.88. The van der Waals surface area contributed by atoms with Gasteiger partial charge in [-0.1, -0.05) is 0 Å². The fourth-order valence-electron chi connectivity index (χ4n) is 1.58. The van der Waals surface area contributed by atoms with E-state index >= 15 is 0 Å². The van der Waals surface area contributed by atoms with E-state index in [0.717, 1.165) is 6.54 Å². The molecule has 2 nitrogen and oxygen atoms in total. The maximum absolute atomic E-state index is 12.1. The van der Waals surface area contributed by atoms with Gasteiger partial charge < -0.3 is 22.7 Å². The fraction of sp³-hybridized carbons (Fsp3) is 1.00. The SMILES string of the molecule is CC1CN(C[B-](F)(F)F)CCN1C.[K+]. The smallest absolute Gasteiger partial charge is 0.448 e. The van der Waals surface area contributed by atoms with Gasteiger partial charge in [-0.2, -0.15) is 0 Å². The standard InChI is InChI=1S/C7H15BF3N2.K/c1-7-5-13(4-3-12(7)2)6-8(9,10)11;/h7H,3-6H2,1-2H3;/q-1;+1. The quantitative estimate of drug-likeness (QED) is 0.511. The molecule has 1 aliphatic heterocycles. The van der Waals surface area contributed by atoms with Crippen molar-refractivity contribution in [1.82, 2.24) is 9.80 Å². The van der Waals surface area contributed by atoms with E-state index in [0.29, 0.717) is 13.1 Å². The largest absolute Gasteiger partial charge is 1.00 e. The molecule has 0 aromatic heterocycles. The minimum Gasteiger partial charge on any atom is -0.448 e. The molecule has 1 aliphatic rings. The maximum Gasteiger partial charge on any atom is 1.00 e. The molecule has 0 aromatic carbocycles. The normalized spacial score (nSPS) is 25.9. The predicted molar refractivity (Wildman–Crippen MR) is 47.6 cm³/mol. The van der Waals surface area contributed by atoms with E-state index in [2.05, 4.69) is 4.90 Å². The number of nitrogens with zero attached hydrogens (tertiary/aromatic N) is 2. The van der Waals surface area contributed by atoms with Crippen molar-refractivity contribution >= 4 is 6.98 Å². The van der Waals surface area contributed by atoms with Crippen LogP contribution in [0.2, 0.25) is 0 Å². The van der Waals surface area contributed by atoms with E-state index in [-0.39, 0.29) is 57.4 Å². The van der Waals surface area contributed by atoms with Crippen LogP contribution < -0.4 is 51.4 Å². The third-order valence-electron chi connectivity index (χ3n) is 2.51. The molecule has 0 radical (unpaired) electrons. The molecule has 0 N–H and O–H groups in total. The molecule has 0 aromatic rings. The van der Waals surface area contributed by atoms with Crippen molar-refractivity contribution < 1.29 is 64.3 Å². The molecule has 0 saturated carbocycles. The molecule has 1 heterocycles. The van der Waals surface area contributed by atoms with Crippen LogP contribution in [0.15, 0.2) is 0 Å². The average molecular weight is 234 g/mol. The van der Waals surface area contributed by atoms with E-state index in [9.17, 15) is 12.9 Å².